The van der Waals surface area contributed by atoms with Crippen molar-refractivity contribution in [2.24, 2.45) is 0 Å². The van der Waals surface area contributed by atoms with Gasteiger partial charge in [0, 0.05) is 17.1 Å². The number of nitrogens with zero attached hydrogens (tertiary/aromatic N) is 1. The van der Waals surface area contributed by atoms with Gasteiger partial charge in [0.2, 0.25) is 12.9 Å². The number of thioether (sulfide) groups is 1. The SMILES string of the molecule is Cc1cc(C)c2c(c1)C=C(C(=O)OCOC(=O)OCCSCCO[N+](=O)[O-])C(C(F)(F)F)O2. The van der Waals surface area contributed by atoms with E-state index in [1.807, 2.05) is 0 Å². The number of alkyl halides is 3. The molecule has 0 N–H and O–H groups in total. The fourth-order valence-electron chi connectivity index (χ4n) is 2.80. The van der Waals surface area contributed by atoms with Crippen molar-refractivity contribution in [3.05, 3.63) is 44.5 Å². The normalized spacial score (nSPS) is 14.9. The van der Waals surface area contributed by atoms with Gasteiger partial charge in [0.05, 0.1) is 5.57 Å². The number of ether oxygens (including phenoxy) is 4. The summed E-state index contributed by atoms with van der Waals surface area (Å²) >= 11 is 1.21. The van der Waals surface area contributed by atoms with Gasteiger partial charge in [-0.15, -0.1) is 10.1 Å². The number of hydrogen-bond donors (Lipinski definition) is 0. The molecule has 0 spiro atoms. The highest BCUT2D eigenvalue weighted by molar-refractivity contribution is 7.99. The van der Waals surface area contributed by atoms with Crippen LogP contribution in [0.3, 0.4) is 0 Å². The molecule has 1 aliphatic rings. The quantitative estimate of drug-likeness (QED) is 0.156. The lowest BCUT2D eigenvalue weighted by Gasteiger charge is -2.29. The Morgan fingerprint density at radius 2 is 1.85 bits per heavy atom. The summed E-state index contributed by atoms with van der Waals surface area (Å²) in [5.41, 5.74) is 0.753. The predicted octanol–water partition coefficient (Wildman–Crippen LogP) is 3.61. The van der Waals surface area contributed by atoms with Crippen molar-refractivity contribution in [2.75, 3.05) is 31.5 Å². The van der Waals surface area contributed by atoms with Crippen LogP contribution >= 0.6 is 11.8 Å². The minimum Gasteiger partial charge on any atom is -0.475 e. The highest BCUT2D eigenvalue weighted by Gasteiger charge is 2.49. The molecule has 1 unspecified atom stereocenters. The summed E-state index contributed by atoms with van der Waals surface area (Å²) < 4.78 is 59.3. The Morgan fingerprint density at radius 1 is 1.15 bits per heavy atom. The van der Waals surface area contributed by atoms with Crippen LogP contribution in [0.2, 0.25) is 0 Å². The zero-order valence-corrected chi connectivity index (χ0v) is 18.3. The Bertz CT molecular complexity index is 921. The molecule has 0 fully saturated rings. The van der Waals surface area contributed by atoms with E-state index in [9.17, 15) is 32.9 Å². The van der Waals surface area contributed by atoms with Crippen LogP contribution in [-0.2, 0) is 23.8 Å². The monoisotopic (exact) mass is 495 g/mol. The van der Waals surface area contributed by atoms with Gasteiger partial charge >= 0.3 is 18.3 Å². The largest absolute Gasteiger partial charge is 0.511 e. The second-order valence-electron chi connectivity index (χ2n) is 6.60. The van der Waals surface area contributed by atoms with Crippen LogP contribution in [0, 0.1) is 24.0 Å². The van der Waals surface area contributed by atoms with Crippen molar-refractivity contribution in [2.45, 2.75) is 26.1 Å². The molecule has 1 heterocycles. The highest BCUT2D eigenvalue weighted by atomic mass is 32.2. The lowest BCUT2D eigenvalue weighted by Crippen LogP contribution is -2.41. The first kappa shape index (κ1) is 26.1. The van der Waals surface area contributed by atoms with Gasteiger partial charge in [0.1, 0.15) is 19.0 Å². The third-order valence-electron chi connectivity index (χ3n) is 4.05. The van der Waals surface area contributed by atoms with Crippen LogP contribution in [0.25, 0.3) is 6.08 Å². The maximum atomic E-state index is 13.5. The summed E-state index contributed by atoms with van der Waals surface area (Å²) in [5.74, 6) is -0.777. The van der Waals surface area contributed by atoms with Gasteiger partial charge in [-0.05, 0) is 31.6 Å². The standard InChI is InChI=1S/C19H20F3NO9S/c1-11-7-12(2)15-13(8-11)9-14(16(32-15)19(20,21)22)17(24)29-10-30-18(25)28-3-5-33-6-4-31-23(26)27/h7-9,16H,3-6,10H2,1-2H3. The molecule has 0 amide bonds. The summed E-state index contributed by atoms with van der Waals surface area (Å²) in [5, 5.41) is 9.03. The van der Waals surface area contributed by atoms with Crippen molar-refractivity contribution < 1.29 is 51.6 Å². The van der Waals surface area contributed by atoms with Crippen molar-refractivity contribution in [1.82, 2.24) is 0 Å². The molecule has 182 valence electrons. The molecule has 1 aromatic rings. The van der Waals surface area contributed by atoms with Crippen LogP contribution < -0.4 is 4.74 Å². The average Bonchev–Trinajstić information content (AvgIpc) is 2.71. The molecule has 0 radical (unpaired) electrons. The predicted molar refractivity (Wildman–Crippen MR) is 108 cm³/mol. The minimum atomic E-state index is -4.89. The van der Waals surface area contributed by atoms with Crippen molar-refractivity contribution in [3.8, 4) is 5.75 Å². The first-order valence-electron chi connectivity index (χ1n) is 9.37. The molecule has 0 aromatic heterocycles. The van der Waals surface area contributed by atoms with Gasteiger partial charge in [-0.2, -0.15) is 24.9 Å². The molecular weight excluding hydrogens is 475 g/mol. The topological polar surface area (TPSA) is 123 Å². The van der Waals surface area contributed by atoms with Crippen LogP contribution in [0.15, 0.2) is 17.7 Å². The fraction of sp³-hybridized carbons (Fsp3) is 0.474. The molecular formula is C19H20F3NO9S. The van der Waals surface area contributed by atoms with Gasteiger partial charge in [-0.1, -0.05) is 11.6 Å². The zero-order valence-electron chi connectivity index (χ0n) is 17.5. The van der Waals surface area contributed by atoms with E-state index >= 15 is 0 Å². The Balaban J connectivity index is 1.85. The lowest BCUT2D eigenvalue weighted by atomic mass is 9.97. The number of carbonyl (C=O) groups excluding carboxylic acids is 2. The van der Waals surface area contributed by atoms with E-state index in [0.717, 1.165) is 11.6 Å². The summed E-state index contributed by atoms with van der Waals surface area (Å²) in [6.07, 6.45) is -7.59. The molecule has 1 aromatic carbocycles. The molecule has 0 saturated heterocycles. The van der Waals surface area contributed by atoms with E-state index in [0.29, 0.717) is 11.1 Å². The number of rotatable bonds is 10. The Kier molecular flexibility index (Phi) is 9.20. The smallest absolute Gasteiger partial charge is 0.475 e. The van der Waals surface area contributed by atoms with Gasteiger partial charge in [0.15, 0.2) is 0 Å². The average molecular weight is 495 g/mol. The van der Waals surface area contributed by atoms with Gasteiger partial charge < -0.3 is 23.8 Å². The molecule has 2 rings (SSSR count). The van der Waals surface area contributed by atoms with Crippen LogP contribution in [0.4, 0.5) is 18.0 Å². The van der Waals surface area contributed by atoms with Crippen LogP contribution in [-0.4, -0.2) is 61.0 Å². The van der Waals surface area contributed by atoms with Gasteiger partial charge in [0.25, 0.3) is 5.09 Å². The van der Waals surface area contributed by atoms with Crippen molar-refractivity contribution in [3.63, 3.8) is 0 Å². The van der Waals surface area contributed by atoms with E-state index in [1.165, 1.54) is 11.8 Å². The number of halogens is 3. The van der Waals surface area contributed by atoms with E-state index < -0.39 is 41.9 Å². The maximum Gasteiger partial charge on any atom is 0.511 e. The van der Waals surface area contributed by atoms with Crippen molar-refractivity contribution in [1.29, 1.82) is 0 Å². The van der Waals surface area contributed by atoms with E-state index in [-0.39, 0.29) is 30.5 Å². The number of hydrogen-bond acceptors (Lipinski definition) is 10. The summed E-state index contributed by atoms with van der Waals surface area (Å²) in [7, 11) is 0. The van der Waals surface area contributed by atoms with Crippen LogP contribution in [0.1, 0.15) is 16.7 Å². The van der Waals surface area contributed by atoms with E-state index in [4.69, 9.17) is 4.74 Å². The molecule has 33 heavy (non-hydrogen) atoms. The van der Waals surface area contributed by atoms with E-state index in [1.54, 1.807) is 26.0 Å². The number of esters is 1. The molecule has 1 aliphatic heterocycles. The summed E-state index contributed by atoms with van der Waals surface area (Å²) in [6.45, 7) is 2.13. The number of fused-ring (bicyclic) bond motifs is 1. The first-order valence-corrected chi connectivity index (χ1v) is 10.5. The second kappa shape index (κ2) is 11.6. The van der Waals surface area contributed by atoms with Gasteiger partial charge in [-0.25, -0.2) is 9.59 Å². The maximum absolute atomic E-state index is 13.5. The number of aryl methyl sites for hydroxylation is 2. The van der Waals surface area contributed by atoms with E-state index in [2.05, 4.69) is 19.0 Å². The zero-order chi connectivity index (χ0) is 24.6. The fourth-order valence-corrected chi connectivity index (χ4v) is 3.40. The molecule has 0 bridgehead atoms. The Labute approximate surface area is 190 Å². The molecule has 0 saturated carbocycles. The first-order chi connectivity index (χ1) is 15.5. The number of carbonyl (C=O) groups is 2. The minimum absolute atomic E-state index is 0.0158. The Hall–Kier alpha value is -3.16. The Morgan fingerprint density at radius 3 is 2.52 bits per heavy atom. The van der Waals surface area contributed by atoms with Crippen molar-refractivity contribution >= 4 is 30.0 Å². The molecule has 14 heteroatoms. The third kappa shape index (κ3) is 8.04. The molecule has 0 aliphatic carbocycles. The van der Waals surface area contributed by atoms with Crippen LogP contribution in [0.5, 0.6) is 5.75 Å². The number of benzene rings is 1. The van der Waals surface area contributed by atoms with Gasteiger partial charge in [-0.3, -0.25) is 0 Å². The third-order valence-corrected chi connectivity index (χ3v) is 4.96. The summed E-state index contributed by atoms with van der Waals surface area (Å²) in [4.78, 5) is 37.8. The summed E-state index contributed by atoms with van der Waals surface area (Å²) in [6, 6.07) is 3.22. The highest BCUT2D eigenvalue weighted by Crippen LogP contribution is 2.39. The second-order valence-corrected chi connectivity index (χ2v) is 7.83. The molecule has 1 atom stereocenters. The molecule has 10 nitrogen and oxygen atoms in total. The lowest BCUT2D eigenvalue weighted by molar-refractivity contribution is -0.756.